The second kappa shape index (κ2) is 17.2. The van der Waals surface area contributed by atoms with Crippen molar-refractivity contribution in [2.75, 3.05) is 9.80 Å². The molecule has 10 aromatic rings. The molecule has 5 heteroatoms. The molecule has 0 spiro atoms. The molecular formula is C66H52N2S3. The first kappa shape index (κ1) is 43.7. The van der Waals surface area contributed by atoms with Crippen molar-refractivity contribution in [3.63, 3.8) is 0 Å². The van der Waals surface area contributed by atoms with Gasteiger partial charge in [-0.25, -0.2) is 0 Å². The normalized spacial score (nSPS) is 16.7. The van der Waals surface area contributed by atoms with E-state index in [0.717, 1.165) is 11.4 Å². The highest BCUT2D eigenvalue weighted by molar-refractivity contribution is 7.28. The monoisotopic (exact) mass is 968 g/mol. The molecule has 0 fully saturated rings. The van der Waals surface area contributed by atoms with E-state index in [0.29, 0.717) is 11.8 Å². The summed E-state index contributed by atoms with van der Waals surface area (Å²) in [4.78, 5) is 10.0. The zero-order chi connectivity index (χ0) is 47.8. The Balaban J connectivity index is 0.837. The molecule has 0 radical (unpaired) electrons. The van der Waals surface area contributed by atoms with E-state index in [-0.39, 0.29) is 10.8 Å². The van der Waals surface area contributed by atoms with Crippen molar-refractivity contribution in [2.45, 2.75) is 44.4 Å². The van der Waals surface area contributed by atoms with Gasteiger partial charge in [0.1, 0.15) is 10.0 Å². The molecule has 0 saturated heterocycles. The molecule has 3 heterocycles. The Bertz CT molecular complexity index is 3660. The fraction of sp³-hybridized carbons (Fsp3) is 0.121. The molecule has 0 bridgehead atoms. The molecular weight excluding hydrogens is 917 g/mol. The summed E-state index contributed by atoms with van der Waals surface area (Å²) in [6.07, 6.45) is 7.38. The average Bonchev–Trinajstić information content (AvgIpc) is 4.27. The number of hydrogen-bond acceptors (Lipinski definition) is 5. The molecule has 0 N–H and O–H groups in total. The van der Waals surface area contributed by atoms with Crippen molar-refractivity contribution in [2.24, 2.45) is 5.92 Å². The highest BCUT2D eigenvalue weighted by atomic mass is 32.1. The van der Waals surface area contributed by atoms with E-state index in [1.54, 1.807) is 0 Å². The fourth-order valence-corrected chi connectivity index (χ4v) is 14.9. The van der Waals surface area contributed by atoms with Gasteiger partial charge < -0.3 is 9.80 Å². The third kappa shape index (κ3) is 7.49. The third-order valence-corrected chi connectivity index (χ3v) is 18.9. The predicted octanol–water partition coefficient (Wildman–Crippen LogP) is 19.6. The topological polar surface area (TPSA) is 6.48 Å². The van der Waals surface area contributed by atoms with Crippen molar-refractivity contribution in [3.05, 3.63) is 259 Å². The minimum atomic E-state index is -0.100. The Morgan fingerprint density at radius 2 is 0.873 bits per heavy atom. The molecule has 2 nitrogen and oxygen atoms in total. The molecule has 7 aromatic carbocycles. The molecule has 2 atom stereocenters. The highest BCUT2D eigenvalue weighted by Gasteiger charge is 2.45. The molecule has 0 saturated carbocycles. The molecule has 0 amide bonds. The first-order valence-electron chi connectivity index (χ1n) is 24.6. The summed E-state index contributed by atoms with van der Waals surface area (Å²) in [6.45, 7) is 9.57. The number of nitrogens with zero attached hydrogens (tertiary/aromatic N) is 2. The molecule has 13 rings (SSSR count). The molecule has 3 aromatic heterocycles. The van der Waals surface area contributed by atoms with Gasteiger partial charge in [-0.05, 0) is 146 Å². The van der Waals surface area contributed by atoms with E-state index in [1.807, 2.05) is 34.0 Å². The van der Waals surface area contributed by atoms with Crippen LogP contribution in [-0.2, 0) is 10.8 Å². The number of benzene rings is 7. The zero-order valence-electron chi connectivity index (χ0n) is 40.2. The largest absolute Gasteiger partial charge is 0.302 e. The van der Waals surface area contributed by atoms with Crippen molar-refractivity contribution in [1.29, 1.82) is 0 Å². The van der Waals surface area contributed by atoms with Gasteiger partial charge in [0.15, 0.2) is 0 Å². The van der Waals surface area contributed by atoms with Gasteiger partial charge in [0.2, 0.25) is 0 Å². The van der Waals surface area contributed by atoms with Crippen LogP contribution in [0.5, 0.6) is 0 Å². The van der Waals surface area contributed by atoms with E-state index in [2.05, 4.69) is 268 Å². The number of thiophene rings is 3. The molecule has 0 aliphatic heterocycles. The Morgan fingerprint density at radius 1 is 0.394 bits per heavy atom. The second-order valence-corrected chi connectivity index (χ2v) is 23.4. The first-order valence-corrected chi connectivity index (χ1v) is 27.1. The summed E-state index contributed by atoms with van der Waals surface area (Å²) in [7, 11) is 0. The summed E-state index contributed by atoms with van der Waals surface area (Å²) in [5, 5.41) is 2.39. The maximum atomic E-state index is 2.55. The Labute approximate surface area is 429 Å². The van der Waals surface area contributed by atoms with E-state index in [4.69, 9.17) is 0 Å². The second-order valence-electron chi connectivity index (χ2n) is 20.1. The van der Waals surface area contributed by atoms with Crippen LogP contribution in [0, 0.1) is 5.92 Å². The lowest BCUT2D eigenvalue weighted by molar-refractivity contribution is 0.392. The van der Waals surface area contributed by atoms with Gasteiger partial charge in [-0.15, -0.1) is 34.0 Å². The van der Waals surface area contributed by atoms with E-state index in [9.17, 15) is 0 Å². The minimum absolute atomic E-state index is 0.0183. The first-order chi connectivity index (χ1) is 34.7. The standard InChI is InChI=1S/C66H52N2S3/c1-65(2)55-21-13-11-19-51(55)53-33-31-49(41-57(53)65)67(47-27-23-45(24-28-47)43-15-7-5-8-16-43)63-39-37-61(70-63)59-35-36-60(69-59)62-38-40-64(71-62)68(48-29-25-46(26-30-48)44-17-9-6-10-18-44)50-32-34-54-52-20-12-14-22-56(52)66(3,4)58(54)42-50/h5-42,53,57H,1-4H3. The predicted molar refractivity (Wildman–Crippen MR) is 306 cm³/mol. The molecule has 2 unspecified atom stereocenters. The number of rotatable bonds is 10. The summed E-state index contributed by atoms with van der Waals surface area (Å²) < 4.78 is 0. The number of fused-ring (bicyclic) bond motifs is 6. The molecule has 71 heavy (non-hydrogen) atoms. The van der Waals surface area contributed by atoms with Gasteiger partial charge in [0.05, 0.1) is 0 Å². The van der Waals surface area contributed by atoms with Gasteiger partial charge >= 0.3 is 0 Å². The Morgan fingerprint density at radius 3 is 1.51 bits per heavy atom. The van der Waals surface area contributed by atoms with Crippen LogP contribution in [0.1, 0.15) is 55.9 Å². The lowest BCUT2D eigenvalue weighted by Crippen LogP contribution is -2.27. The van der Waals surface area contributed by atoms with Crippen LogP contribution in [0.3, 0.4) is 0 Å². The van der Waals surface area contributed by atoms with Crippen molar-refractivity contribution >= 4 is 61.1 Å². The number of allylic oxidation sites excluding steroid dienone is 3. The van der Waals surface area contributed by atoms with Crippen LogP contribution in [-0.4, -0.2) is 0 Å². The Hall–Kier alpha value is -7.28. The smallest absolute Gasteiger partial charge is 0.101 e. The lowest BCUT2D eigenvalue weighted by Gasteiger charge is -2.34. The maximum absolute atomic E-state index is 2.55. The lowest BCUT2D eigenvalue weighted by atomic mass is 9.74. The Kier molecular flexibility index (Phi) is 10.6. The van der Waals surface area contributed by atoms with Gasteiger partial charge in [-0.2, -0.15) is 0 Å². The molecule has 3 aliphatic carbocycles. The van der Waals surface area contributed by atoms with Gasteiger partial charge in [-0.3, -0.25) is 0 Å². The van der Waals surface area contributed by atoms with E-state index in [1.165, 1.54) is 96.5 Å². The number of hydrogen-bond donors (Lipinski definition) is 0. The van der Waals surface area contributed by atoms with Crippen LogP contribution in [0.2, 0.25) is 0 Å². The summed E-state index contributed by atoms with van der Waals surface area (Å²) in [6, 6.07) is 78.5. The van der Waals surface area contributed by atoms with E-state index >= 15 is 0 Å². The van der Waals surface area contributed by atoms with Crippen LogP contribution >= 0.6 is 34.0 Å². The van der Waals surface area contributed by atoms with Crippen LogP contribution in [0.25, 0.3) is 52.9 Å². The van der Waals surface area contributed by atoms with Crippen LogP contribution in [0.4, 0.5) is 27.1 Å². The fourth-order valence-electron chi connectivity index (χ4n) is 11.6. The van der Waals surface area contributed by atoms with Crippen molar-refractivity contribution in [1.82, 2.24) is 0 Å². The van der Waals surface area contributed by atoms with E-state index < -0.39 is 0 Å². The summed E-state index contributed by atoms with van der Waals surface area (Å²) in [5.41, 5.74) is 17.8. The van der Waals surface area contributed by atoms with Crippen LogP contribution < -0.4 is 9.80 Å². The molecule has 3 aliphatic rings. The third-order valence-electron chi connectivity index (χ3n) is 15.3. The zero-order valence-corrected chi connectivity index (χ0v) is 42.7. The summed E-state index contributed by atoms with van der Waals surface area (Å²) in [5.74, 6) is 0.733. The van der Waals surface area contributed by atoms with Crippen LogP contribution in [0.15, 0.2) is 236 Å². The molecule has 344 valence electrons. The van der Waals surface area contributed by atoms with Crippen molar-refractivity contribution in [3.8, 4) is 52.9 Å². The highest BCUT2D eigenvalue weighted by Crippen LogP contribution is 2.56. The maximum Gasteiger partial charge on any atom is 0.101 e. The SMILES string of the molecule is CC1(C)c2ccccc2-c2ccc(N(c3ccc(-c4ccccc4)cc3)c3ccc(-c4ccc(-c5ccc(N(C6=CC7C(C=C6)c6ccccc6C7(C)C)c6ccc(-c7ccccc7)cc6)s5)s4)s3)cc21. The summed E-state index contributed by atoms with van der Waals surface area (Å²) >= 11 is 5.61. The quantitative estimate of drug-likeness (QED) is 0.135. The number of anilines is 5. The van der Waals surface area contributed by atoms with Crippen molar-refractivity contribution < 1.29 is 0 Å². The van der Waals surface area contributed by atoms with Gasteiger partial charge in [0, 0.05) is 53.6 Å². The average molecular weight is 969 g/mol. The van der Waals surface area contributed by atoms with Gasteiger partial charge in [0.25, 0.3) is 0 Å². The minimum Gasteiger partial charge on any atom is -0.302 e. The van der Waals surface area contributed by atoms with Gasteiger partial charge in [-0.1, -0.05) is 179 Å².